The summed E-state index contributed by atoms with van der Waals surface area (Å²) in [6, 6.07) is 5.07. The van der Waals surface area contributed by atoms with Gasteiger partial charge in [-0.15, -0.1) is 11.3 Å². The van der Waals surface area contributed by atoms with Crippen molar-refractivity contribution in [2.75, 3.05) is 19.6 Å². The van der Waals surface area contributed by atoms with Crippen molar-refractivity contribution in [3.8, 4) is 0 Å². The zero-order valence-corrected chi connectivity index (χ0v) is 15.6. The quantitative estimate of drug-likeness (QED) is 0.727. The van der Waals surface area contributed by atoms with Crippen molar-refractivity contribution in [3.63, 3.8) is 0 Å². The van der Waals surface area contributed by atoms with Crippen molar-refractivity contribution in [2.45, 2.75) is 45.8 Å². The minimum Gasteiger partial charge on any atom is -0.299 e. The minimum absolute atomic E-state index is 0.685. The Bertz CT molecular complexity index is 646. The van der Waals surface area contributed by atoms with Gasteiger partial charge in [0.05, 0.1) is 5.69 Å². The van der Waals surface area contributed by atoms with Crippen LogP contribution < -0.4 is 0 Å². The van der Waals surface area contributed by atoms with Gasteiger partial charge >= 0.3 is 0 Å². The molecule has 0 amide bonds. The summed E-state index contributed by atoms with van der Waals surface area (Å²) in [4.78, 5) is 6.65. The molecule has 130 valence electrons. The SMILES string of the molecule is C=Cn1cc(CN(Cc2cccs2)CC2CCCN2CC)c(C)n1. The Balaban J connectivity index is 1.73. The fourth-order valence-corrected chi connectivity index (χ4v) is 4.38. The first-order chi connectivity index (χ1) is 11.7. The molecule has 0 aromatic carbocycles. The fraction of sp³-hybridized carbons (Fsp3) is 0.526. The van der Waals surface area contributed by atoms with Gasteiger partial charge in [-0.2, -0.15) is 5.10 Å². The summed E-state index contributed by atoms with van der Waals surface area (Å²) in [7, 11) is 0. The Labute approximate surface area is 149 Å². The van der Waals surface area contributed by atoms with E-state index >= 15 is 0 Å². The average Bonchev–Trinajstić information content (AvgIpc) is 3.30. The molecule has 24 heavy (non-hydrogen) atoms. The van der Waals surface area contributed by atoms with E-state index in [9.17, 15) is 0 Å². The van der Waals surface area contributed by atoms with Gasteiger partial charge in [0.1, 0.15) is 0 Å². The van der Waals surface area contributed by atoms with Gasteiger partial charge in [-0.25, -0.2) is 4.68 Å². The first kappa shape index (κ1) is 17.4. The normalized spacial score (nSPS) is 18.5. The molecular formula is C19H28N4S. The van der Waals surface area contributed by atoms with Gasteiger partial charge in [0, 0.05) is 48.5 Å². The second-order valence-corrected chi connectivity index (χ2v) is 7.61. The molecule has 2 aromatic rings. The molecule has 0 saturated carbocycles. The van der Waals surface area contributed by atoms with Crippen LogP contribution in [0.2, 0.25) is 0 Å². The van der Waals surface area contributed by atoms with Gasteiger partial charge in [-0.05, 0) is 44.3 Å². The van der Waals surface area contributed by atoms with E-state index < -0.39 is 0 Å². The lowest BCUT2D eigenvalue weighted by Crippen LogP contribution is -2.39. The first-order valence-electron chi connectivity index (χ1n) is 8.85. The summed E-state index contributed by atoms with van der Waals surface area (Å²) in [5.74, 6) is 0. The molecule has 1 saturated heterocycles. The summed E-state index contributed by atoms with van der Waals surface area (Å²) < 4.78 is 1.82. The number of hydrogen-bond acceptors (Lipinski definition) is 4. The largest absolute Gasteiger partial charge is 0.299 e. The lowest BCUT2D eigenvalue weighted by atomic mass is 10.1. The van der Waals surface area contributed by atoms with Gasteiger partial charge in [0.2, 0.25) is 0 Å². The maximum atomic E-state index is 4.51. The van der Waals surface area contributed by atoms with Crippen molar-refractivity contribution >= 4 is 17.5 Å². The average molecular weight is 345 g/mol. The summed E-state index contributed by atoms with van der Waals surface area (Å²) in [5, 5.41) is 6.68. The Morgan fingerprint density at radius 1 is 1.46 bits per heavy atom. The Kier molecular flexibility index (Phi) is 5.87. The number of nitrogens with zero attached hydrogens (tertiary/aromatic N) is 4. The number of rotatable bonds is 8. The summed E-state index contributed by atoms with van der Waals surface area (Å²) >= 11 is 1.85. The third kappa shape index (κ3) is 4.15. The lowest BCUT2D eigenvalue weighted by molar-refractivity contribution is 0.167. The number of likely N-dealkylation sites (N-methyl/N-ethyl adjacent to an activating group) is 1. The second-order valence-electron chi connectivity index (χ2n) is 6.58. The van der Waals surface area contributed by atoms with E-state index in [1.807, 2.05) is 16.0 Å². The zero-order chi connectivity index (χ0) is 16.9. The molecule has 2 aromatic heterocycles. The molecule has 1 aliphatic heterocycles. The molecule has 1 aliphatic rings. The Morgan fingerprint density at radius 2 is 2.33 bits per heavy atom. The second kappa shape index (κ2) is 8.10. The molecule has 1 atom stereocenters. The van der Waals surface area contributed by atoms with Crippen LogP contribution in [0.25, 0.3) is 6.20 Å². The van der Waals surface area contributed by atoms with E-state index in [1.54, 1.807) is 6.20 Å². The van der Waals surface area contributed by atoms with Gasteiger partial charge in [-0.3, -0.25) is 9.80 Å². The summed E-state index contributed by atoms with van der Waals surface area (Å²) in [5.41, 5.74) is 2.40. The van der Waals surface area contributed by atoms with Crippen molar-refractivity contribution in [1.82, 2.24) is 19.6 Å². The fourth-order valence-electron chi connectivity index (χ4n) is 3.63. The number of likely N-dealkylation sites (tertiary alicyclic amines) is 1. The van der Waals surface area contributed by atoms with Gasteiger partial charge in [0.15, 0.2) is 0 Å². The van der Waals surface area contributed by atoms with E-state index in [-0.39, 0.29) is 0 Å². The zero-order valence-electron chi connectivity index (χ0n) is 14.8. The smallest absolute Gasteiger partial charge is 0.0642 e. The first-order valence-corrected chi connectivity index (χ1v) is 9.73. The number of aryl methyl sites for hydroxylation is 1. The third-order valence-electron chi connectivity index (χ3n) is 4.93. The molecule has 5 heteroatoms. The predicted octanol–water partition coefficient (Wildman–Crippen LogP) is 3.84. The highest BCUT2D eigenvalue weighted by Gasteiger charge is 2.25. The van der Waals surface area contributed by atoms with E-state index in [4.69, 9.17) is 0 Å². The summed E-state index contributed by atoms with van der Waals surface area (Å²) in [6.45, 7) is 13.7. The van der Waals surface area contributed by atoms with Crippen LogP contribution in [-0.4, -0.2) is 45.3 Å². The molecule has 0 N–H and O–H groups in total. The van der Waals surface area contributed by atoms with Crippen molar-refractivity contribution < 1.29 is 0 Å². The molecule has 3 heterocycles. The Morgan fingerprint density at radius 3 is 3.00 bits per heavy atom. The molecule has 4 nitrogen and oxygen atoms in total. The van der Waals surface area contributed by atoms with Crippen LogP contribution >= 0.6 is 11.3 Å². The molecule has 0 radical (unpaired) electrons. The van der Waals surface area contributed by atoms with E-state index in [2.05, 4.69) is 59.0 Å². The van der Waals surface area contributed by atoms with Crippen LogP contribution in [0.1, 0.15) is 35.9 Å². The Hall–Kier alpha value is -1.43. The van der Waals surface area contributed by atoms with Crippen LogP contribution in [0.15, 0.2) is 30.3 Å². The number of aromatic nitrogens is 2. The predicted molar refractivity (Wildman–Crippen MR) is 102 cm³/mol. The molecule has 1 fully saturated rings. The van der Waals surface area contributed by atoms with Crippen LogP contribution in [0, 0.1) is 6.92 Å². The molecule has 0 aliphatic carbocycles. The van der Waals surface area contributed by atoms with Crippen LogP contribution in [0.5, 0.6) is 0 Å². The van der Waals surface area contributed by atoms with Crippen molar-refractivity contribution in [2.24, 2.45) is 0 Å². The van der Waals surface area contributed by atoms with E-state index in [0.29, 0.717) is 6.04 Å². The topological polar surface area (TPSA) is 24.3 Å². The van der Waals surface area contributed by atoms with Crippen LogP contribution in [0.3, 0.4) is 0 Å². The molecule has 3 rings (SSSR count). The standard InChI is InChI=1S/C19H28N4S/c1-4-22-10-6-8-18(22)14-21(15-19-9-7-11-24-19)12-17-13-23(5-2)20-16(17)3/h5,7,9,11,13,18H,2,4,6,8,10,12,14-15H2,1,3H3. The number of hydrogen-bond donors (Lipinski definition) is 0. The molecule has 0 bridgehead atoms. The maximum absolute atomic E-state index is 4.51. The monoisotopic (exact) mass is 344 g/mol. The van der Waals surface area contributed by atoms with Crippen molar-refractivity contribution in [1.29, 1.82) is 0 Å². The van der Waals surface area contributed by atoms with Gasteiger partial charge < -0.3 is 0 Å². The van der Waals surface area contributed by atoms with E-state index in [1.165, 1.54) is 29.8 Å². The highest BCUT2D eigenvalue weighted by Crippen LogP contribution is 2.22. The maximum Gasteiger partial charge on any atom is 0.0642 e. The van der Waals surface area contributed by atoms with Crippen LogP contribution in [-0.2, 0) is 13.1 Å². The highest BCUT2D eigenvalue weighted by molar-refractivity contribution is 7.09. The highest BCUT2D eigenvalue weighted by atomic mass is 32.1. The van der Waals surface area contributed by atoms with Gasteiger partial charge in [-0.1, -0.05) is 19.6 Å². The van der Waals surface area contributed by atoms with Crippen LogP contribution in [0.4, 0.5) is 0 Å². The van der Waals surface area contributed by atoms with Crippen molar-refractivity contribution in [3.05, 3.63) is 46.4 Å². The minimum atomic E-state index is 0.685. The molecule has 0 spiro atoms. The van der Waals surface area contributed by atoms with E-state index in [0.717, 1.165) is 31.9 Å². The number of thiophene rings is 1. The lowest BCUT2D eigenvalue weighted by Gasteiger charge is -2.30. The molecular weight excluding hydrogens is 316 g/mol. The summed E-state index contributed by atoms with van der Waals surface area (Å²) in [6.07, 6.45) is 6.52. The third-order valence-corrected chi connectivity index (χ3v) is 5.79. The molecule has 1 unspecified atom stereocenters. The van der Waals surface area contributed by atoms with Gasteiger partial charge in [0.25, 0.3) is 0 Å².